The molecule has 5 nitrogen and oxygen atoms in total. The number of hydrogen-bond acceptors (Lipinski definition) is 4. The Bertz CT molecular complexity index is 898. The Kier molecular flexibility index (Phi) is 5.20. The standard InChI is InChI=1S/C16H11ClF2N4OS/c17-10-4-1-3-9(7-10)15-21-13(24-23-15)8-20-16(25)22-14-11(18)5-2-6-12(14)19/h1-7H,8H2,(H2,20,22,25). The summed E-state index contributed by atoms with van der Waals surface area (Å²) in [5.74, 6) is -0.859. The monoisotopic (exact) mass is 380 g/mol. The predicted molar refractivity (Wildman–Crippen MR) is 94.2 cm³/mol. The highest BCUT2D eigenvalue weighted by atomic mass is 35.5. The van der Waals surface area contributed by atoms with Gasteiger partial charge in [0.15, 0.2) is 5.11 Å². The van der Waals surface area contributed by atoms with Gasteiger partial charge in [-0.1, -0.05) is 35.0 Å². The molecule has 2 N–H and O–H groups in total. The highest BCUT2D eigenvalue weighted by Gasteiger charge is 2.12. The summed E-state index contributed by atoms with van der Waals surface area (Å²) < 4.78 is 32.2. The van der Waals surface area contributed by atoms with Crippen molar-refractivity contribution in [3.8, 4) is 11.4 Å². The summed E-state index contributed by atoms with van der Waals surface area (Å²) in [4.78, 5) is 4.20. The van der Waals surface area contributed by atoms with E-state index in [9.17, 15) is 8.78 Å². The van der Waals surface area contributed by atoms with E-state index in [1.807, 2.05) is 0 Å². The molecule has 0 aliphatic carbocycles. The smallest absolute Gasteiger partial charge is 0.246 e. The number of benzene rings is 2. The molecule has 128 valence electrons. The van der Waals surface area contributed by atoms with E-state index >= 15 is 0 Å². The van der Waals surface area contributed by atoms with E-state index in [2.05, 4.69) is 20.8 Å². The quantitative estimate of drug-likeness (QED) is 0.663. The average molecular weight is 381 g/mol. The van der Waals surface area contributed by atoms with E-state index in [0.29, 0.717) is 16.4 Å². The Hall–Kier alpha value is -2.58. The maximum Gasteiger partial charge on any atom is 0.246 e. The van der Waals surface area contributed by atoms with Gasteiger partial charge in [0.25, 0.3) is 0 Å². The second kappa shape index (κ2) is 7.54. The van der Waals surface area contributed by atoms with Crippen molar-refractivity contribution in [3.63, 3.8) is 0 Å². The van der Waals surface area contributed by atoms with Crippen molar-refractivity contribution in [1.82, 2.24) is 15.5 Å². The summed E-state index contributed by atoms with van der Waals surface area (Å²) in [6.07, 6.45) is 0. The maximum atomic E-state index is 13.6. The third-order valence-electron chi connectivity index (χ3n) is 3.15. The SMILES string of the molecule is Fc1cccc(F)c1NC(=S)NCc1nc(-c2cccc(Cl)c2)no1. The molecule has 0 spiro atoms. The van der Waals surface area contributed by atoms with Crippen molar-refractivity contribution in [2.75, 3.05) is 5.32 Å². The molecule has 1 aromatic heterocycles. The van der Waals surface area contributed by atoms with Crippen LogP contribution in [-0.2, 0) is 6.54 Å². The zero-order chi connectivity index (χ0) is 17.8. The topological polar surface area (TPSA) is 63.0 Å². The number of anilines is 1. The first-order chi connectivity index (χ1) is 12.0. The van der Waals surface area contributed by atoms with Crippen molar-refractivity contribution in [2.45, 2.75) is 6.54 Å². The van der Waals surface area contributed by atoms with Crippen molar-refractivity contribution in [2.24, 2.45) is 0 Å². The molecule has 0 radical (unpaired) electrons. The fraction of sp³-hybridized carbons (Fsp3) is 0.0625. The van der Waals surface area contributed by atoms with Gasteiger partial charge in [-0.3, -0.25) is 0 Å². The Morgan fingerprint density at radius 1 is 1.16 bits per heavy atom. The lowest BCUT2D eigenvalue weighted by atomic mass is 10.2. The van der Waals surface area contributed by atoms with E-state index in [-0.39, 0.29) is 23.2 Å². The second-order valence-corrected chi connectivity index (χ2v) is 5.77. The first kappa shape index (κ1) is 17.2. The summed E-state index contributed by atoms with van der Waals surface area (Å²) in [7, 11) is 0. The van der Waals surface area contributed by atoms with Crippen LogP contribution in [0.2, 0.25) is 5.02 Å². The minimum Gasteiger partial charge on any atom is -0.353 e. The molecule has 0 saturated carbocycles. The van der Waals surface area contributed by atoms with Gasteiger partial charge in [0, 0.05) is 10.6 Å². The van der Waals surface area contributed by atoms with E-state index in [1.165, 1.54) is 6.07 Å². The molecule has 0 atom stereocenters. The number of nitrogens with one attached hydrogen (secondary N) is 2. The van der Waals surface area contributed by atoms with Crippen LogP contribution >= 0.6 is 23.8 Å². The summed E-state index contributed by atoms with van der Waals surface area (Å²) in [5.41, 5.74) is 0.377. The molecule has 0 bridgehead atoms. The summed E-state index contributed by atoms with van der Waals surface area (Å²) >= 11 is 10.9. The Labute approximate surface area is 152 Å². The van der Waals surface area contributed by atoms with Gasteiger partial charge in [-0.15, -0.1) is 0 Å². The largest absolute Gasteiger partial charge is 0.353 e. The zero-order valence-corrected chi connectivity index (χ0v) is 14.2. The van der Waals surface area contributed by atoms with Gasteiger partial charge < -0.3 is 15.2 Å². The maximum absolute atomic E-state index is 13.6. The molecular formula is C16H11ClF2N4OS. The van der Waals surface area contributed by atoms with E-state index in [1.54, 1.807) is 24.3 Å². The summed E-state index contributed by atoms with van der Waals surface area (Å²) in [5, 5.41) is 9.62. The second-order valence-electron chi connectivity index (χ2n) is 4.93. The van der Waals surface area contributed by atoms with Crippen LogP contribution in [0.25, 0.3) is 11.4 Å². The first-order valence-electron chi connectivity index (χ1n) is 7.10. The van der Waals surface area contributed by atoms with Gasteiger partial charge in [-0.2, -0.15) is 4.98 Å². The van der Waals surface area contributed by atoms with Crippen LogP contribution in [0.1, 0.15) is 5.89 Å². The lowest BCUT2D eigenvalue weighted by Gasteiger charge is -2.10. The number of para-hydroxylation sites is 1. The predicted octanol–water partition coefficient (Wildman–Crippen LogP) is 4.15. The van der Waals surface area contributed by atoms with Crippen LogP contribution in [-0.4, -0.2) is 15.3 Å². The molecule has 0 saturated heterocycles. The van der Waals surface area contributed by atoms with E-state index < -0.39 is 11.6 Å². The van der Waals surface area contributed by atoms with Crippen molar-refractivity contribution < 1.29 is 13.3 Å². The van der Waals surface area contributed by atoms with Crippen molar-refractivity contribution in [1.29, 1.82) is 0 Å². The number of aromatic nitrogens is 2. The van der Waals surface area contributed by atoms with Gasteiger partial charge in [0.2, 0.25) is 11.7 Å². The van der Waals surface area contributed by atoms with Crippen LogP contribution in [0.4, 0.5) is 14.5 Å². The fourth-order valence-electron chi connectivity index (χ4n) is 2.00. The molecule has 0 amide bonds. The fourth-order valence-corrected chi connectivity index (χ4v) is 2.37. The van der Waals surface area contributed by atoms with Crippen LogP contribution < -0.4 is 10.6 Å². The van der Waals surface area contributed by atoms with E-state index in [0.717, 1.165) is 12.1 Å². The van der Waals surface area contributed by atoms with Crippen molar-refractivity contribution >= 4 is 34.6 Å². The highest BCUT2D eigenvalue weighted by molar-refractivity contribution is 7.80. The minimum absolute atomic E-state index is 0.0199. The molecule has 0 aliphatic rings. The van der Waals surface area contributed by atoms with Gasteiger partial charge in [-0.05, 0) is 36.5 Å². The number of nitrogens with zero attached hydrogens (tertiary/aromatic N) is 2. The minimum atomic E-state index is -0.745. The number of rotatable bonds is 4. The lowest BCUT2D eigenvalue weighted by molar-refractivity contribution is 0.376. The summed E-state index contributed by atoms with van der Waals surface area (Å²) in [6.45, 7) is 0.0927. The Balaban J connectivity index is 1.61. The van der Waals surface area contributed by atoms with Crippen LogP contribution in [0.5, 0.6) is 0 Å². The first-order valence-corrected chi connectivity index (χ1v) is 7.89. The van der Waals surface area contributed by atoms with Crippen LogP contribution in [0.3, 0.4) is 0 Å². The third-order valence-corrected chi connectivity index (χ3v) is 3.63. The van der Waals surface area contributed by atoms with Gasteiger partial charge in [0.05, 0.1) is 6.54 Å². The molecule has 3 rings (SSSR count). The lowest BCUT2D eigenvalue weighted by Crippen LogP contribution is -2.28. The molecular weight excluding hydrogens is 370 g/mol. The molecule has 2 aromatic carbocycles. The van der Waals surface area contributed by atoms with Crippen LogP contribution in [0, 0.1) is 11.6 Å². The van der Waals surface area contributed by atoms with Crippen molar-refractivity contribution in [3.05, 3.63) is 65.0 Å². The number of thiocarbonyl (C=S) groups is 1. The zero-order valence-electron chi connectivity index (χ0n) is 12.6. The molecule has 0 aliphatic heterocycles. The van der Waals surface area contributed by atoms with Crippen LogP contribution in [0.15, 0.2) is 47.0 Å². The Morgan fingerprint density at radius 2 is 1.88 bits per heavy atom. The normalized spacial score (nSPS) is 10.5. The Morgan fingerprint density at radius 3 is 2.60 bits per heavy atom. The van der Waals surface area contributed by atoms with Gasteiger partial charge in [-0.25, -0.2) is 8.78 Å². The third kappa shape index (κ3) is 4.28. The van der Waals surface area contributed by atoms with Gasteiger partial charge >= 0.3 is 0 Å². The highest BCUT2D eigenvalue weighted by Crippen LogP contribution is 2.20. The number of hydrogen-bond donors (Lipinski definition) is 2. The number of halogens is 3. The molecule has 25 heavy (non-hydrogen) atoms. The average Bonchev–Trinajstić information content (AvgIpc) is 3.06. The molecule has 0 fully saturated rings. The summed E-state index contributed by atoms with van der Waals surface area (Å²) in [6, 6.07) is 10.5. The van der Waals surface area contributed by atoms with E-state index in [4.69, 9.17) is 28.3 Å². The molecule has 0 unspecified atom stereocenters. The molecule has 9 heteroatoms. The van der Waals surface area contributed by atoms with Gasteiger partial charge in [0.1, 0.15) is 17.3 Å². The molecule has 1 heterocycles. The molecule has 3 aromatic rings.